The lowest BCUT2D eigenvalue weighted by atomic mass is 10.0. The molecule has 1 N–H and O–H groups in total. The number of nitrogens with zero attached hydrogens (tertiary/aromatic N) is 3. The van der Waals surface area contributed by atoms with Crippen LogP contribution in [-0.2, 0) is 5.54 Å². The molecule has 1 aliphatic heterocycles. The van der Waals surface area contributed by atoms with Crippen LogP contribution >= 0.6 is 11.3 Å². The van der Waals surface area contributed by atoms with E-state index in [1.165, 1.54) is 0 Å². The van der Waals surface area contributed by atoms with Gasteiger partial charge < -0.3 is 9.84 Å². The van der Waals surface area contributed by atoms with Crippen molar-refractivity contribution in [1.29, 1.82) is 0 Å². The van der Waals surface area contributed by atoms with E-state index in [0.29, 0.717) is 0 Å². The van der Waals surface area contributed by atoms with Gasteiger partial charge in [0.05, 0.1) is 22.2 Å². The number of hydrogen-bond donors (Lipinski definition) is 1. The minimum Gasteiger partial charge on any atom is -0.361 e. The number of rotatable bonds is 3. The highest BCUT2D eigenvalue weighted by Gasteiger charge is 2.32. The maximum Gasteiger partial charge on any atom is 0.142 e. The molecule has 0 spiro atoms. The van der Waals surface area contributed by atoms with E-state index in [-0.39, 0.29) is 5.54 Å². The molecule has 0 atom stereocenters. The SMILES string of the molecule is Cc1oncc1-c1cnc(C(C)(C)N2CCNCC2)s1. The van der Waals surface area contributed by atoms with Gasteiger partial charge in [0, 0.05) is 32.4 Å². The van der Waals surface area contributed by atoms with Gasteiger partial charge in [0.2, 0.25) is 0 Å². The van der Waals surface area contributed by atoms with Crippen molar-refractivity contribution in [1.82, 2.24) is 20.4 Å². The van der Waals surface area contributed by atoms with E-state index in [1.807, 2.05) is 13.1 Å². The van der Waals surface area contributed by atoms with E-state index >= 15 is 0 Å². The van der Waals surface area contributed by atoms with Crippen LogP contribution in [0.25, 0.3) is 10.4 Å². The number of nitrogens with one attached hydrogen (secondary N) is 1. The maximum atomic E-state index is 5.14. The molecule has 0 bridgehead atoms. The molecule has 1 saturated heterocycles. The Morgan fingerprint density at radius 3 is 2.70 bits per heavy atom. The minimum atomic E-state index is -0.0317. The maximum absolute atomic E-state index is 5.14. The molecule has 2 aromatic heterocycles. The third-order valence-electron chi connectivity index (χ3n) is 3.95. The lowest BCUT2D eigenvalue weighted by molar-refractivity contribution is 0.102. The zero-order chi connectivity index (χ0) is 14.2. The highest BCUT2D eigenvalue weighted by Crippen LogP contribution is 2.36. The van der Waals surface area contributed by atoms with Gasteiger partial charge in [-0.05, 0) is 20.8 Å². The van der Waals surface area contributed by atoms with Crippen molar-refractivity contribution in [3.05, 3.63) is 23.2 Å². The Morgan fingerprint density at radius 1 is 1.30 bits per heavy atom. The summed E-state index contributed by atoms with van der Waals surface area (Å²) < 4.78 is 5.14. The van der Waals surface area contributed by atoms with Gasteiger partial charge in [-0.15, -0.1) is 11.3 Å². The Bertz CT molecular complexity index is 584. The predicted molar refractivity (Wildman–Crippen MR) is 79.8 cm³/mol. The standard InChI is InChI=1S/C14H20N4OS/c1-10-11(8-17-19-10)12-9-16-13(20-12)14(2,3)18-6-4-15-5-7-18/h8-9,15H,4-7H2,1-3H3. The molecule has 2 aromatic rings. The first-order chi connectivity index (χ1) is 9.59. The van der Waals surface area contributed by atoms with Gasteiger partial charge in [-0.3, -0.25) is 4.90 Å². The molecular formula is C14H20N4OS. The summed E-state index contributed by atoms with van der Waals surface area (Å²) >= 11 is 1.73. The fourth-order valence-corrected chi connectivity index (χ4v) is 3.68. The Labute approximate surface area is 123 Å². The second kappa shape index (κ2) is 5.27. The average molecular weight is 292 g/mol. The quantitative estimate of drug-likeness (QED) is 0.940. The van der Waals surface area contributed by atoms with E-state index in [0.717, 1.165) is 47.4 Å². The molecule has 20 heavy (non-hydrogen) atoms. The van der Waals surface area contributed by atoms with Gasteiger partial charge in [-0.25, -0.2) is 4.98 Å². The van der Waals surface area contributed by atoms with Gasteiger partial charge in [0.1, 0.15) is 10.8 Å². The van der Waals surface area contributed by atoms with Crippen molar-refractivity contribution < 1.29 is 4.52 Å². The molecule has 1 fully saturated rings. The van der Waals surface area contributed by atoms with E-state index in [9.17, 15) is 0 Å². The zero-order valence-corrected chi connectivity index (χ0v) is 13.0. The van der Waals surface area contributed by atoms with Crippen molar-refractivity contribution in [3.8, 4) is 10.4 Å². The first-order valence-electron chi connectivity index (χ1n) is 6.93. The molecule has 0 amide bonds. The number of thiazole rings is 1. The molecular weight excluding hydrogens is 272 g/mol. The van der Waals surface area contributed by atoms with Crippen LogP contribution in [0.15, 0.2) is 16.9 Å². The minimum absolute atomic E-state index is 0.0317. The predicted octanol–water partition coefficient (Wildman–Crippen LogP) is 2.25. The molecule has 3 rings (SSSR count). The van der Waals surface area contributed by atoms with Gasteiger partial charge in [0.15, 0.2) is 0 Å². The highest BCUT2D eigenvalue weighted by molar-refractivity contribution is 7.15. The molecule has 5 nitrogen and oxygen atoms in total. The summed E-state index contributed by atoms with van der Waals surface area (Å²) in [5, 5.41) is 8.39. The summed E-state index contributed by atoms with van der Waals surface area (Å²) in [5.74, 6) is 0.847. The van der Waals surface area contributed by atoms with E-state index in [1.54, 1.807) is 17.5 Å². The lowest BCUT2D eigenvalue weighted by Crippen LogP contribution is -2.51. The van der Waals surface area contributed by atoms with Crippen LogP contribution in [0.3, 0.4) is 0 Å². The average Bonchev–Trinajstić information content (AvgIpc) is 3.08. The van der Waals surface area contributed by atoms with Crippen molar-refractivity contribution in [2.75, 3.05) is 26.2 Å². The number of aryl methyl sites for hydroxylation is 1. The van der Waals surface area contributed by atoms with Gasteiger partial charge >= 0.3 is 0 Å². The molecule has 0 unspecified atom stereocenters. The molecule has 108 valence electrons. The molecule has 0 radical (unpaired) electrons. The Kier molecular flexibility index (Phi) is 3.62. The van der Waals surface area contributed by atoms with E-state index < -0.39 is 0 Å². The summed E-state index contributed by atoms with van der Waals surface area (Å²) in [7, 11) is 0. The normalized spacial score (nSPS) is 17.6. The molecule has 3 heterocycles. The Hall–Kier alpha value is -1.24. The van der Waals surface area contributed by atoms with Crippen LogP contribution in [0, 0.1) is 6.92 Å². The van der Waals surface area contributed by atoms with Crippen molar-refractivity contribution in [3.63, 3.8) is 0 Å². The molecule has 0 aromatic carbocycles. The largest absolute Gasteiger partial charge is 0.361 e. The third-order valence-corrected chi connectivity index (χ3v) is 5.30. The van der Waals surface area contributed by atoms with E-state index in [4.69, 9.17) is 4.52 Å². The second-order valence-corrected chi connectivity index (χ2v) is 6.65. The highest BCUT2D eigenvalue weighted by atomic mass is 32.1. The number of piperazine rings is 1. The monoisotopic (exact) mass is 292 g/mol. The fourth-order valence-electron chi connectivity index (χ4n) is 2.58. The summed E-state index contributed by atoms with van der Waals surface area (Å²) in [6, 6.07) is 0. The molecule has 6 heteroatoms. The van der Waals surface area contributed by atoms with Crippen LogP contribution < -0.4 is 5.32 Å². The van der Waals surface area contributed by atoms with Gasteiger partial charge in [-0.1, -0.05) is 5.16 Å². The Morgan fingerprint density at radius 2 is 2.05 bits per heavy atom. The topological polar surface area (TPSA) is 54.2 Å². The van der Waals surface area contributed by atoms with Crippen LogP contribution in [0.5, 0.6) is 0 Å². The first kappa shape index (κ1) is 13.7. The summed E-state index contributed by atoms with van der Waals surface area (Å²) in [6.45, 7) is 10.7. The van der Waals surface area contributed by atoms with Crippen LogP contribution in [0.4, 0.5) is 0 Å². The van der Waals surface area contributed by atoms with Crippen LogP contribution in [0.2, 0.25) is 0 Å². The Balaban J connectivity index is 1.87. The van der Waals surface area contributed by atoms with Gasteiger partial charge in [-0.2, -0.15) is 0 Å². The van der Waals surface area contributed by atoms with E-state index in [2.05, 4.69) is 34.2 Å². The summed E-state index contributed by atoms with van der Waals surface area (Å²) in [6.07, 6.45) is 3.70. The van der Waals surface area contributed by atoms with Crippen molar-refractivity contribution in [2.45, 2.75) is 26.3 Å². The zero-order valence-electron chi connectivity index (χ0n) is 12.1. The molecule has 1 aliphatic rings. The molecule has 0 aliphatic carbocycles. The fraction of sp³-hybridized carbons (Fsp3) is 0.571. The summed E-state index contributed by atoms with van der Waals surface area (Å²) in [4.78, 5) is 8.27. The van der Waals surface area contributed by atoms with Gasteiger partial charge in [0.25, 0.3) is 0 Å². The lowest BCUT2D eigenvalue weighted by Gasteiger charge is -2.39. The third kappa shape index (κ3) is 2.39. The van der Waals surface area contributed by atoms with Crippen molar-refractivity contribution >= 4 is 11.3 Å². The number of aromatic nitrogens is 2. The van der Waals surface area contributed by atoms with Crippen LogP contribution in [0.1, 0.15) is 24.6 Å². The summed E-state index contributed by atoms with van der Waals surface area (Å²) in [5.41, 5.74) is 1.01. The second-order valence-electron chi connectivity index (χ2n) is 5.62. The first-order valence-corrected chi connectivity index (χ1v) is 7.74. The van der Waals surface area contributed by atoms with Crippen LogP contribution in [-0.4, -0.2) is 41.2 Å². The smallest absolute Gasteiger partial charge is 0.142 e. The van der Waals surface area contributed by atoms with Crippen molar-refractivity contribution in [2.24, 2.45) is 0 Å². The number of hydrogen-bond acceptors (Lipinski definition) is 6. The molecule has 0 saturated carbocycles.